The van der Waals surface area contributed by atoms with Crippen molar-refractivity contribution in [3.63, 3.8) is 0 Å². The molecule has 0 fully saturated rings. The maximum atomic E-state index is 11.7. The zero-order valence-electron chi connectivity index (χ0n) is 9.25. The molecule has 0 aliphatic rings. The predicted molar refractivity (Wildman–Crippen MR) is 65.2 cm³/mol. The quantitative estimate of drug-likeness (QED) is 0.635. The lowest BCUT2D eigenvalue weighted by molar-refractivity contribution is -0.130. The van der Waals surface area contributed by atoms with Crippen molar-refractivity contribution >= 4 is 29.3 Å². The third-order valence-electron chi connectivity index (χ3n) is 2.30. The molecule has 0 N–H and O–H groups in total. The summed E-state index contributed by atoms with van der Waals surface area (Å²) in [4.78, 5) is 13.7. The lowest BCUT2D eigenvalue weighted by Crippen LogP contribution is -2.42. The minimum Gasteiger partial charge on any atom is -0.338 e. The maximum Gasteiger partial charge on any atom is 0.232 e. The van der Waals surface area contributed by atoms with Crippen LogP contribution in [-0.2, 0) is 4.79 Å². The highest BCUT2D eigenvalue weighted by Crippen LogP contribution is 2.10. The van der Waals surface area contributed by atoms with Crippen LogP contribution in [0.4, 0.5) is 0 Å². The van der Waals surface area contributed by atoms with Crippen molar-refractivity contribution in [2.75, 3.05) is 24.4 Å². The van der Waals surface area contributed by atoms with E-state index in [1.807, 2.05) is 11.2 Å². The standard InChI is InChI=1S/C10H20ClNOS/c1-4-9(5-2)12(7-6-11)10(13)8-14-3/h9H,4-8H2,1-3H3. The first-order chi connectivity index (χ1) is 6.71. The van der Waals surface area contributed by atoms with Crippen molar-refractivity contribution in [3.05, 3.63) is 0 Å². The number of nitrogens with zero attached hydrogens (tertiary/aromatic N) is 1. The first-order valence-electron chi connectivity index (χ1n) is 5.05. The Morgan fingerprint density at radius 2 is 2.00 bits per heavy atom. The van der Waals surface area contributed by atoms with Gasteiger partial charge in [0.1, 0.15) is 0 Å². The second-order valence-corrected chi connectivity index (χ2v) is 4.42. The van der Waals surface area contributed by atoms with Crippen LogP contribution in [-0.4, -0.2) is 41.3 Å². The molecule has 0 spiro atoms. The number of hydrogen-bond acceptors (Lipinski definition) is 2. The number of alkyl halides is 1. The Morgan fingerprint density at radius 3 is 2.36 bits per heavy atom. The number of carbonyl (C=O) groups excluding carboxylic acids is 1. The average Bonchev–Trinajstić information content (AvgIpc) is 2.18. The molecule has 0 bridgehead atoms. The van der Waals surface area contributed by atoms with Crippen LogP contribution in [0, 0.1) is 0 Å². The highest BCUT2D eigenvalue weighted by Gasteiger charge is 2.19. The first-order valence-corrected chi connectivity index (χ1v) is 6.98. The second-order valence-electron chi connectivity index (χ2n) is 3.18. The van der Waals surface area contributed by atoms with Gasteiger partial charge in [-0.1, -0.05) is 13.8 Å². The van der Waals surface area contributed by atoms with Crippen LogP contribution in [0.3, 0.4) is 0 Å². The molecular formula is C10H20ClNOS. The minimum absolute atomic E-state index is 0.215. The summed E-state index contributed by atoms with van der Waals surface area (Å²) in [7, 11) is 0. The maximum absolute atomic E-state index is 11.7. The largest absolute Gasteiger partial charge is 0.338 e. The molecule has 0 atom stereocenters. The van der Waals surface area contributed by atoms with E-state index in [9.17, 15) is 4.79 Å². The predicted octanol–water partition coefficient (Wildman–Crippen LogP) is 2.61. The van der Waals surface area contributed by atoms with Gasteiger partial charge in [0.05, 0.1) is 5.75 Å². The van der Waals surface area contributed by atoms with Gasteiger partial charge >= 0.3 is 0 Å². The van der Waals surface area contributed by atoms with E-state index in [1.165, 1.54) is 0 Å². The van der Waals surface area contributed by atoms with Gasteiger partial charge in [-0.05, 0) is 19.1 Å². The van der Waals surface area contributed by atoms with Crippen molar-refractivity contribution in [1.29, 1.82) is 0 Å². The van der Waals surface area contributed by atoms with Gasteiger partial charge in [-0.15, -0.1) is 11.6 Å². The zero-order chi connectivity index (χ0) is 11.0. The first kappa shape index (κ1) is 14.1. The van der Waals surface area contributed by atoms with Crippen LogP contribution in [0.5, 0.6) is 0 Å². The van der Waals surface area contributed by atoms with E-state index in [0.29, 0.717) is 24.2 Å². The number of hydrogen-bond donors (Lipinski definition) is 0. The zero-order valence-corrected chi connectivity index (χ0v) is 10.8. The molecule has 0 rings (SSSR count). The Labute approximate surface area is 96.4 Å². The molecule has 0 heterocycles. The van der Waals surface area contributed by atoms with E-state index in [4.69, 9.17) is 11.6 Å². The van der Waals surface area contributed by atoms with Gasteiger partial charge < -0.3 is 4.90 Å². The lowest BCUT2D eigenvalue weighted by atomic mass is 10.1. The summed E-state index contributed by atoms with van der Waals surface area (Å²) < 4.78 is 0. The van der Waals surface area contributed by atoms with Crippen LogP contribution >= 0.6 is 23.4 Å². The van der Waals surface area contributed by atoms with Crippen LogP contribution < -0.4 is 0 Å². The van der Waals surface area contributed by atoms with E-state index < -0.39 is 0 Å². The average molecular weight is 238 g/mol. The fourth-order valence-electron chi connectivity index (χ4n) is 1.54. The number of halogens is 1. The third kappa shape index (κ3) is 4.56. The van der Waals surface area contributed by atoms with E-state index in [1.54, 1.807) is 11.8 Å². The van der Waals surface area contributed by atoms with Crippen molar-refractivity contribution in [2.45, 2.75) is 32.7 Å². The number of thioether (sulfide) groups is 1. The molecule has 0 aliphatic heterocycles. The molecule has 0 radical (unpaired) electrons. The van der Waals surface area contributed by atoms with E-state index >= 15 is 0 Å². The Morgan fingerprint density at radius 1 is 1.43 bits per heavy atom. The van der Waals surface area contributed by atoms with Gasteiger partial charge in [0, 0.05) is 18.5 Å². The molecule has 0 aromatic rings. The Hall–Kier alpha value is 0.110. The Balaban J connectivity index is 4.31. The van der Waals surface area contributed by atoms with Gasteiger partial charge in [0.2, 0.25) is 5.91 Å². The van der Waals surface area contributed by atoms with Gasteiger partial charge in [0.15, 0.2) is 0 Å². The Kier molecular flexibility index (Phi) is 8.49. The molecule has 0 unspecified atom stereocenters. The summed E-state index contributed by atoms with van der Waals surface area (Å²) in [6.07, 6.45) is 3.96. The van der Waals surface area contributed by atoms with Gasteiger partial charge in [0.25, 0.3) is 0 Å². The van der Waals surface area contributed by atoms with Crippen molar-refractivity contribution in [3.8, 4) is 0 Å². The van der Waals surface area contributed by atoms with E-state index in [-0.39, 0.29) is 5.91 Å². The van der Waals surface area contributed by atoms with Crippen molar-refractivity contribution < 1.29 is 4.79 Å². The summed E-state index contributed by atoms with van der Waals surface area (Å²) in [5, 5.41) is 0. The fourth-order valence-corrected chi connectivity index (χ4v) is 2.13. The molecule has 0 saturated heterocycles. The highest BCUT2D eigenvalue weighted by molar-refractivity contribution is 7.99. The number of amides is 1. The number of carbonyl (C=O) groups is 1. The molecule has 0 saturated carbocycles. The second kappa shape index (κ2) is 8.42. The van der Waals surface area contributed by atoms with Crippen LogP contribution in [0.1, 0.15) is 26.7 Å². The Bertz CT molecular complexity index is 162. The van der Waals surface area contributed by atoms with Gasteiger partial charge in [-0.2, -0.15) is 11.8 Å². The molecule has 4 heteroatoms. The minimum atomic E-state index is 0.215. The summed E-state index contributed by atoms with van der Waals surface area (Å²) in [5.74, 6) is 1.30. The summed E-state index contributed by atoms with van der Waals surface area (Å²) >= 11 is 7.27. The highest BCUT2D eigenvalue weighted by atomic mass is 35.5. The number of rotatable bonds is 7. The molecule has 84 valence electrons. The molecular weight excluding hydrogens is 218 g/mol. The summed E-state index contributed by atoms with van der Waals surface area (Å²) in [6.45, 7) is 4.90. The van der Waals surface area contributed by atoms with Crippen molar-refractivity contribution in [2.24, 2.45) is 0 Å². The summed E-state index contributed by atoms with van der Waals surface area (Å²) in [5.41, 5.74) is 0. The normalized spacial score (nSPS) is 10.6. The summed E-state index contributed by atoms with van der Waals surface area (Å²) in [6, 6.07) is 0.355. The molecule has 1 amide bonds. The fraction of sp³-hybridized carbons (Fsp3) is 0.900. The topological polar surface area (TPSA) is 20.3 Å². The lowest BCUT2D eigenvalue weighted by Gasteiger charge is -2.29. The van der Waals surface area contributed by atoms with Crippen molar-refractivity contribution in [1.82, 2.24) is 4.90 Å². The monoisotopic (exact) mass is 237 g/mol. The molecule has 2 nitrogen and oxygen atoms in total. The molecule has 0 aromatic carbocycles. The SMILES string of the molecule is CCC(CC)N(CCCl)C(=O)CSC. The van der Waals surface area contributed by atoms with Crippen LogP contribution in [0.25, 0.3) is 0 Å². The molecule has 0 aliphatic carbocycles. The molecule has 14 heavy (non-hydrogen) atoms. The third-order valence-corrected chi connectivity index (χ3v) is 3.00. The van der Waals surface area contributed by atoms with E-state index in [2.05, 4.69) is 13.8 Å². The van der Waals surface area contributed by atoms with Gasteiger partial charge in [-0.3, -0.25) is 4.79 Å². The smallest absolute Gasteiger partial charge is 0.232 e. The molecule has 0 aromatic heterocycles. The van der Waals surface area contributed by atoms with E-state index in [0.717, 1.165) is 12.8 Å². The van der Waals surface area contributed by atoms with Gasteiger partial charge in [-0.25, -0.2) is 0 Å². The van der Waals surface area contributed by atoms with Crippen LogP contribution in [0.15, 0.2) is 0 Å². The van der Waals surface area contributed by atoms with Crippen LogP contribution in [0.2, 0.25) is 0 Å².